The van der Waals surface area contributed by atoms with Crippen molar-refractivity contribution in [3.8, 4) is 11.5 Å². The Labute approximate surface area is 101 Å². The lowest BCUT2D eigenvalue weighted by molar-refractivity contribution is -0.142. The molecule has 0 saturated carbocycles. The molecule has 17 heavy (non-hydrogen) atoms. The molecule has 0 aliphatic heterocycles. The second kappa shape index (κ2) is 5.08. The van der Waals surface area contributed by atoms with Crippen LogP contribution in [-0.4, -0.2) is 24.8 Å². The van der Waals surface area contributed by atoms with Gasteiger partial charge in [0.1, 0.15) is 0 Å². The van der Waals surface area contributed by atoms with Gasteiger partial charge in [-0.3, -0.25) is 4.79 Å². The maximum absolute atomic E-state index is 11.2. The van der Waals surface area contributed by atoms with Gasteiger partial charge in [0, 0.05) is 0 Å². The van der Waals surface area contributed by atoms with Crippen molar-refractivity contribution in [1.29, 1.82) is 0 Å². The first kappa shape index (κ1) is 13.4. The van der Waals surface area contributed by atoms with Crippen LogP contribution >= 0.6 is 0 Å². The molecule has 0 unspecified atom stereocenters. The van der Waals surface area contributed by atoms with Crippen LogP contribution in [0.1, 0.15) is 26.3 Å². The van der Waals surface area contributed by atoms with Gasteiger partial charge < -0.3 is 14.6 Å². The highest BCUT2D eigenvalue weighted by Gasteiger charge is 2.30. The molecule has 1 N–H and O–H groups in total. The molecule has 0 fully saturated rings. The molecule has 1 aromatic carbocycles. The van der Waals surface area contributed by atoms with Crippen LogP contribution in [0.4, 0.5) is 0 Å². The maximum atomic E-state index is 11.2. The summed E-state index contributed by atoms with van der Waals surface area (Å²) in [6.45, 7) is 5.70. The Bertz CT molecular complexity index is 410. The molecular weight excluding hydrogens is 220 g/mol. The van der Waals surface area contributed by atoms with Crippen molar-refractivity contribution in [2.24, 2.45) is 0 Å². The highest BCUT2D eigenvalue weighted by molar-refractivity contribution is 5.80. The predicted molar refractivity (Wildman–Crippen MR) is 64.8 cm³/mol. The number of hydrogen-bond donors (Lipinski definition) is 1. The highest BCUT2D eigenvalue weighted by Crippen LogP contribution is 2.33. The quantitative estimate of drug-likeness (QED) is 0.856. The van der Waals surface area contributed by atoms with Crippen LogP contribution in [-0.2, 0) is 10.2 Å². The minimum Gasteiger partial charge on any atom is -0.493 e. The van der Waals surface area contributed by atoms with Crippen molar-refractivity contribution in [2.75, 3.05) is 13.7 Å². The molecule has 0 bridgehead atoms. The van der Waals surface area contributed by atoms with E-state index in [9.17, 15) is 4.79 Å². The van der Waals surface area contributed by atoms with Crippen LogP contribution in [0.5, 0.6) is 11.5 Å². The third-order valence-electron chi connectivity index (χ3n) is 2.72. The van der Waals surface area contributed by atoms with Crippen molar-refractivity contribution in [3.05, 3.63) is 23.8 Å². The molecule has 1 aromatic rings. The van der Waals surface area contributed by atoms with Crippen LogP contribution in [0, 0.1) is 0 Å². The number of hydrogen-bond acceptors (Lipinski definition) is 3. The summed E-state index contributed by atoms with van der Waals surface area (Å²) in [6, 6.07) is 5.19. The molecule has 4 nitrogen and oxygen atoms in total. The van der Waals surface area contributed by atoms with Crippen molar-refractivity contribution in [1.82, 2.24) is 0 Å². The van der Waals surface area contributed by atoms with Gasteiger partial charge in [0.25, 0.3) is 0 Å². The lowest BCUT2D eigenvalue weighted by Crippen LogP contribution is -2.28. The van der Waals surface area contributed by atoms with Crippen LogP contribution in [0.3, 0.4) is 0 Å². The van der Waals surface area contributed by atoms with Gasteiger partial charge in [0.15, 0.2) is 11.5 Å². The van der Waals surface area contributed by atoms with Gasteiger partial charge in [0.05, 0.1) is 19.1 Å². The van der Waals surface area contributed by atoms with Gasteiger partial charge in [0.2, 0.25) is 0 Å². The average Bonchev–Trinajstić information content (AvgIpc) is 2.29. The second-order valence-corrected chi connectivity index (χ2v) is 4.23. The van der Waals surface area contributed by atoms with E-state index < -0.39 is 11.4 Å². The summed E-state index contributed by atoms with van der Waals surface area (Å²) >= 11 is 0. The largest absolute Gasteiger partial charge is 0.493 e. The lowest BCUT2D eigenvalue weighted by Gasteiger charge is -2.21. The summed E-state index contributed by atoms with van der Waals surface area (Å²) in [5.41, 5.74) is -0.257. The topological polar surface area (TPSA) is 55.8 Å². The summed E-state index contributed by atoms with van der Waals surface area (Å²) in [7, 11) is 1.56. The lowest BCUT2D eigenvalue weighted by atomic mass is 9.84. The Morgan fingerprint density at radius 2 is 2.00 bits per heavy atom. The summed E-state index contributed by atoms with van der Waals surface area (Å²) in [4.78, 5) is 11.2. The molecule has 0 aliphatic rings. The van der Waals surface area contributed by atoms with E-state index in [1.54, 1.807) is 39.2 Å². The fraction of sp³-hybridized carbons (Fsp3) is 0.462. The second-order valence-electron chi connectivity index (χ2n) is 4.23. The third-order valence-corrected chi connectivity index (χ3v) is 2.72. The molecule has 0 heterocycles. The van der Waals surface area contributed by atoms with Gasteiger partial charge in [-0.25, -0.2) is 0 Å². The molecule has 94 valence electrons. The summed E-state index contributed by atoms with van der Waals surface area (Å²) < 4.78 is 10.6. The molecule has 0 aliphatic carbocycles. The first-order valence-electron chi connectivity index (χ1n) is 5.48. The minimum absolute atomic E-state index is 0.507. The smallest absolute Gasteiger partial charge is 0.313 e. The van der Waals surface area contributed by atoms with Crippen molar-refractivity contribution in [2.45, 2.75) is 26.2 Å². The molecule has 0 aromatic heterocycles. The Balaban J connectivity index is 3.20. The Hall–Kier alpha value is -1.71. The molecule has 0 amide bonds. The maximum Gasteiger partial charge on any atom is 0.313 e. The SMILES string of the molecule is CCOc1cc(C(C)(C)C(=O)O)ccc1OC. The first-order valence-corrected chi connectivity index (χ1v) is 5.48. The van der Waals surface area contributed by atoms with Crippen LogP contribution in [0.2, 0.25) is 0 Å². The monoisotopic (exact) mass is 238 g/mol. The molecular formula is C13H18O4. The number of aliphatic carboxylic acids is 1. The number of carbonyl (C=O) groups is 1. The fourth-order valence-electron chi connectivity index (χ4n) is 1.46. The number of ether oxygens (including phenoxy) is 2. The number of benzene rings is 1. The van der Waals surface area contributed by atoms with E-state index in [1.165, 1.54) is 0 Å². The zero-order valence-electron chi connectivity index (χ0n) is 10.6. The summed E-state index contributed by atoms with van der Waals surface area (Å²) in [5, 5.41) is 9.17. The third kappa shape index (κ3) is 2.70. The van der Waals surface area contributed by atoms with Crippen LogP contribution in [0.25, 0.3) is 0 Å². The zero-order valence-corrected chi connectivity index (χ0v) is 10.6. The number of carboxylic acid groups (broad SMARTS) is 1. The van der Waals surface area contributed by atoms with Crippen LogP contribution < -0.4 is 9.47 Å². The van der Waals surface area contributed by atoms with Gasteiger partial charge in [-0.15, -0.1) is 0 Å². The minimum atomic E-state index is -0.946. The van der Waals surface area contributed by atoms with E-state index in [1.807, 2.05) is 6.92 Å². The summed E-state index contributed by atoms with van der Waals surface area (Å²) in [5.74, 6) is 0.309. The van der Waals surface area contributed by atoms with Gasteiger partial charge in [-0.1, -0.05) is 6.07 Å². The summed E-state index contributed by atoms with van der Waals surface area (Å²) in [6.07, 6.45) is 0. The Kier molecular flexibility index (Phi) is 3.99. The number of rotatable bonds is 5. The van der Waals surface area contributed by atoms with Crippen molar-refractivity contribution in [3.63, 3.8) is 0 Å². The number of methoxy groups -OCH3 is 1. The van der Waals surface area contributed by atoms with E-state index in [0.717, 1.165) is 0 Å². The molecule has 0 atom stereocenters. The molecule has 1 rings (SSSR count). The Morgan fingerprint density at radius 3 is 2.47 bits per heavy atom. The van der Waals surface area contributed by atoms with E-state index >= 15 is 0 Å². The molecule has 0 radical (unpaired) electrons. The first-order chi connectivity index (χ1) is 7.93. The van der Waals surface area contributed by atoms with E-state index in [-0.39, 0.29) is 0 Å². The average molecular weight is 238 g/mol. The normalized spacial score (nSPS) is 11.1. The zero-order chi connectivity index (χ0) is 13.1. The van der Waals surface area contributed by atoms with Crippen LogP contribution in [0.15, 0.2) is 18.2 Å². The molecule has 4 heteroatoms. The van der Waals surface area contributed by atoms with Crippen molar-refractivity contribution < 1.29 is 19.4 Å². The van der Waals surface area contributed by atoms with Gasteiger partial charge >= 0.3 is 5.97 Å². The van der Waals surface area contributed by atoms with E-state index in [2.05, 4.69) is 0 Å². The van der Waals surface area contributed by atoms with E-state index in [0.29, 0.717) is 23.7 Å². The Morgan fingerprint density at radius 1 is 1.35 bits per heavy atom. The molecule has 0 saturated heterocycles. The van der Waals surface area contributed by atoms with E-state index in [4.69, 9.17) is 14.6 Å². The molecule has 0 spiro atoms. The predicted octanol–water partition coefficient (Wildman–Crippen LogP) is 2.46. The standard InChI is InChI=1S/C13H18O4/c1-5-17-11-8-9(6-7-10(11)16-4)13(2,3)12(14)15/h6-8H,5H2,1-4H3,(H,14,15). The van der Waals surface area contributed by atoms with Gasteiger partial charge in [-0.05, 0) is 38.5 Å². The highest BCUT2D eigenvalue weighted by atomic mass is 16.5. The van der Waals surface area contributed by atoms with Crippen molar-refractivity contribution >= 4 is 5.97 Å². The number of carboxylic acids is 1. The van der Waals surface area contributed by atoms with Gasteiger partial charge in [-0.2, -0.15) is 0 Å². The fourth-order valence-corrected chi connectivity index (χ4v) is 1.46.